The van der Waals surface area contributed by atoms with Crippen LogP contribution in [0.4, 0.5) is 0 Å². The van der Waals surface area contributed by atoms with Crippen molar-refractivity contribution in [2.45, 2.75) is 20.0 Å². The second-order valence-corrected chi connectivity index (χ2v) is 5.13. The monoisotopic (exact) mass is 283 g/mol. The predicted molar refractivity (Wildman–Crippen MR) is 78.4 cm³/mol. The number of nitrogens with zero attached hydrogens (tertiary/aromatic N) is 3. The van der Waals surface area contributed by atoms with Gasteiger partial charge in [-0.25, -0.2) is 0 Å². The van der Waals surface area contributed by atoms with Crippen molar-refractivity contribution < 1.29 is 8.94 Å². The first-order valence-corrected chi connectivity index (χ1v) is 6.80. The van der Waals surface area contributed by atoms with E-state index in [1.807, 2.05) is 7.05 Å². The SMILES string of the molecule is Cc1ccccc1CN(C)Cc1noc(-c2ccoc2)n1. The van der Waals surface area contributed by atoms with E-state index in [0.717, 1.165) is 12.1 Å². The normalized spacial score (nSPS) is 11.2. The lowest BCUT2D eigenvalue weighted by Gasteiger charge is -2.15. The summed E-state index contributed by atoms with van der Waals surface area (Å²) in [7, 11) is 2.04. The van der Waals surface area contributed by atoms with Gasteiger partial charge in [0, 0.05) is 6.54 Å². The van der Waals surface area contributed by atoms with Crippen LogP contribution in [0.3, 0.4) is 0 Å². The Hall–Kier alpha value is -2.40. The molecule has 0 aliphatic heterocycles. The second-order valence-electron chi connectivity index (χ2n) is 5.13. The second kappa shape index (κ2) is 5.93. The zero-order valence-electron chi connectivity index (χ0n) is 12.1. The van der Waals surface area contributed by atoms with E-state index in [2.05, 4.69) is 46.2 Å². The first kappa shape index (κ1) is 13.6. The maximum atomic E-state index is 5.24. The van der Waals surface area contributed by atoms with Crippen LogP contribution in [0.1, 0.15) is 17.0 Å². The molecular weight excluding hydrogens is 266 g/mol. The molecule has 0 aliphatic carbocycles. The molecule has 5 heteroatoms. The quantitative estimate of drug-likeness (QED) is 0.719. The highest BCUT2D eigenvalue weighted by molar-refractivity contribution is 5.49. The van der Waals surface area contributed by atoms with Crippen molar-refractivity contribution in [1.82, 2.24) is 15.0 Å². The van der Waals surface area contributed by atoms with Gasteiger partial charge >= 0.3 is 0 Å². The van der Waals surface area contributed by atoms with Crippen LogP contribution < -0.4 is 0 Å². The van der Waals surface area contributed by atoms with Gasteiger partial charge in [-0.2, -0.15) is 4.98 Å². The maximum Gasteiger partial charge on any atom is 0.261 e. The number of hydrogen-bond acceptors (Lipinski definition) is 5. The van der Waals surface area contributed by atoms with Gasteiger partial charge in [0.25, 0.3) is 5.89 Å². The van der Waals surface area contributed by atoms with Crippen LogP contribution in [0.5, 0.6) is 0 Å². The van der Waals surface area contributed by atoms with E-state index in [4.69, 9.17) is 8.94 Å². The average molecular weight is 283 g/mol. The molecule has 2 heterocycles. The lowest BCUT2D eigenvalue weighted by atomic mass is 10.1. The summed E-state index contributed by atoms with van der Waals surface area (Å²) in [5.41, 5.74) is 3.39. The first-order chi connectivity index (χ1) is 10.2. The van der Waals surface area contributed by atoms with Crippen LogP contribution in [0.25, 0.3) is 11.5 Å². The predicted octanol–water partition coefficient (Wildman–Crippen LogP) is 3.27. The molecule has 2 aromatic heterocycles. The van der Waals surface area contributed by atoms with Crippen LogP contribution in [0.2, 0.25) is 0 Å². The molecule has 3 aromatic rings. The van der Waals surface area contributed by atoms with Gasteiger partial charge in [-0.1, -0.05) is 29.4 Å². The molecule has 5 nitrogen and oxygen atoms in total. The van der Waals surface area contributed by atoms with Crippen molar-refractivity contribution >= 4 is 0 Å². The minimum Gasteiger partial charge on any atom is -0.472 e. The van der Waals surface area contributed by atoms with Gasteiger partial charge in [0.15, 0.2) is 5.82 Å². The summed E-state index contributed by atoms with van der Waals surface area (Å²) < 4.78 is 10.2. The Morgan fingerprint density at radius 2 is 2.00 bits per heavy atom. The number of furan rings is 1. The number of rotatable bonds is 5. The summed E-state index contributed by atoms with van der Waals surface area (Å²) in [6.07, 6.45) is 3.18. The van der Waals surface area contributed by atoms with E-state index < -0.39 is 0 Å². The van der Waals surface area contributed by atoms with E-state index >= 15 is 0 Å². The summed E-state index contributed by atoms with van der Waals surface area (Å²) >= 11 is 0. The van der Waals surface area contributed by atoms with Gasteiger partial charge in [-0.15, -0.1) is 0 Å². The summed E-state index contributed by atoms with van der Waals surface area (Å²) in [5.74, 6) is 1.16. The molecule has 0 unspecified atom stereocenters. The zero-order chi connectivity index (χ0) is 14.7. The molecular formula is C16H17N3O2. The molecule has 0 aliphatic rings. The van der Waals surface area contributed by atoms with Gasteiger partial charge in [-0.05, 0) is 31.2 Å². The van der Waals surface area contributed by atoms with Crippen LogP contribution >= 0.6 is 0 Å². The van der Waals surface area contributed by atoms with Gasteiger partial charge in [0.1, 0.15) is 6.26 Å². The average Bonchev–Trinajstić information content (AvgIpc) is 3.12. The number of aromatic nitrogens is 2. The molecule has 0 atom stereocenters. The molecule has 0 saturated carbocycles. The van der Waals surface area contributed by atoms with Gasteiger partial charge in [0.05, 0.1) is 18.4 Å². The van der Waals surface area contributed by atoms with Crippen molar-refractivity contribution in [1.29, 1.82) is 0 Å². The summed E-state index contributed by atoms with van der Waals surface area (Å²) in [6.45, 7) is 3.60. The van der Waals surface area contributed by atoms with E-state index in [-0.39, 0.29) is 0 Å². The standard InChI is InChI=1S/C16H17N3O2/c1-12-5-3-4-6-13(12)9-19(2)10-15-17-16(21-18-15)14-7-8-20-11-14/h3-8,11H,9-10H2,1-2H3. The maximum absolute atomic E-state index is 5.24. The van der Waals surface area contributed by atoms with Gasteiger partial charge in [-0.3, -0.25) is 4.90 Å². The van der Waals surface area contributed by atoms with Crippen molar-refractivity contribution in [2.24, 2.45) is 0 Å². The molecule has 21 heavy (non-hydrogen) atoms. The van der Waals surface area contributed by atoms with E-state index in [1.54, 1.807) is 18.6 Å². The fourth-order valence-corrected chi connectivity index (χ4v) is 2.20. The Morgan fingerprint density at radius 1 is 1.14 bits per heavy atom. The Kier molecular flexibility index (Phi) is 3.83. The third-order valence-corrected chi connectivity index (χ3v) is 3.35. The van der Waals surface area contributed by atoms with E-state index in [9.17, 15) is 0 Å². The lowest BCUT2D eigenvalue weighted by molar-refractivity contribution is 0.301. The third kappa shape index (κ3) is 3.20. The molecule has 108 valence electrons. The summed E-state index contributed by atoms with van der Waals surface area (Å²) in [5, 5.41) is 4.01. The van der Waals surface area contributed by atoms with Crippen molar-refractivity contribution in [2.75, 3.05) is 7.05 Å². The summed E-state index contributed by atoms with van der Waals surface area (Å²) in [4.78, 5) is 6.54. The smallest absolute Gasteiger partial charge is 0.261 e. The fraction of sp³-hybridized carbons (Fsp3) is 0.250. The topological polar surface area (TPSA) is 55.3 Å². The van der Waals surface area contributed by atoms with Crippen LogP contribution in [-0.4, -0.2) is 22.1 Å². The molecule has 0 radical (unpaired) electrons. The molecule has 0 N–H and O–H groups in total. The largest absolute Gasteiger partial charge is 0.472 e. The molecule has 0 amide bonds. The number of benzene rings is 1. The number of hydrogen-bond donors (Lipinski definition) is 0. The molecule has 0 saturated heterocycles. The van der Waals surface area contributed by atoms with E-state index in [1.165, 1.54) is 11.1 Å². The van der Waals surface area contributed by atoms with Gasteiger partial charge in [0.2, 0.25) is 0 Å². The Labute approximate surface area is 123 Å². The van der Waals surface area contributed by atoms with Crippen molar-refractivity contribution in [3.8, 4) is 11.5 Å². The molecule has 0 spiro atoms. The third-order valence-electron chi connectivity index (χ3n) is 3.35. The fourth-order valence-electron chi connectivity index (χ4n) is 2.20. The lowest BCUT2D eigenvalue weighted by Crippen LogP contribution is -2.18. The number of aryl methyl sites for hydroxylation is 1. The van der Waals surface area contributed by atoms with Crippen molar-refractivity contribution in [3.63, 3.8) is 0 Å². The van der Waals surface area contributed by atoms with Crippen LogP contribution in [-0.2, 0) is 13.1 Å². The highest BCUT2D eigenvalue weighted by Crippen LogP contribution is 2.18. The minimum atomic E-state index is 0.489. The minimum absolute atomic E-state index is 0.489. The molecule has 1 aromatic carbocycles. The van der Waals surface area contributed by atoms with Gasteiger partial charge < -0.3 is 8.94 Å². The van der Waals surface area contributed by atoms with Crippen LogP contribution in [0, 0.1) is 6.92 Å². The molecule has 0 bridgehead atoms. The Balaban J connectivity index is 1.65. The first-order valence-electron chi connectivity index (χ1n) is 6.80. The highest BCUT2D eigenvalue weighted by atomic mass is 16.5. The Morgan fingerprint density at radius 3 is 2.76 bits per heavy atom. The Bertz CT molecular complexity index is 704. The van der Waals surface area contributed by atoms with Crippen molar-refractivity contribution in [3.05, 3.63) is 59.8 Å². The highest BCUT2D eigenvalue weighted by Gasteiger charge is 2.12. The molecule has 0 fully saturated rings. The zero-order valence-corrected chi connectivity index (χ0v) is 12.1. The summed E-state index contributed by atoms with van der Waals surface area (Å²) in [6, 6.07) is 10.2. The van der Waals surface area contributed by atoms with E-state index in [0.29, 0.717) is 18.3 Å². The molecule has 3 rings (SSSR count). The van der Waals surface area contributed by atoms with Crippen LogP contribution in [0.15, 0.2) is 51.8 Å².